The van der Waals surface area contributed by atoms with E-state index in [1.807, 2.05) is 25.3 Å². The minimum absolute atomic E-state index is 0.329. The van der Waals surface area contributed by atoms with E-state index < -0.39 is 0 Å². The Labute approximate surface area is 234 Å². The number of aryl methyl sites for hydroxylation is 2. The first-order valence-corrected chi connectivity index (χ1v) is 14.2. The van der Waals surface area contributed by atoms with E-state index in [2.05, 4.69) is 88.9 Å². The second-order valence-electron chi connectivity index (χ2n) is 10.8. The molecule has 1 N–H and O–H groups in total. The zero-order chi connectivity index (χ0) is 27.4. The van der Waals surface area contributed by atoms with Crippen LogP contribution in [0.2, 0.25) is 0 Å². The lowest BCUT2D eigenvalue weighted by Gasteiger charge is -2.27. The number of hydrogen-bond acceptors (Lipinski definition) is 2. The smallest absolute Gasteiger partial charge is 0.354 e. The number of nitrogens with zero attached hydrogens (tertiary/aromatic N) is 2. The van der Waals surface area contributed by atoms with E-state index in [9.17, 15) is 4.79 Å². The van der Waals surface area contributed by atoms with Crippen molar-refractivity contribution in [1.82, 2.24) is 4.98 Å². The summed E-state index contributed by atoms with van der Waals surface area (Å²) < 4.78 is 9.98. The van der Waals surface area contributed by atoms with Gasteiger partial charge in [0.05, 0.1) is 23.1 Å². The van der Waals surface area contributed by atoms with E-state index in [0.717, 1.165) is 37.1 Å². The molecule has 0 fully saturated rings. The number of carbonyl (C=O) groups excluding carboxylic acids is 1. The number of esters is 1. The van der Waals surface area contributed by atoms with Crippen LogP contribution in [-0.2, 0) is 30.7 Å². The molecule has 198 valence electrons. The van der Waals surface area contributed by atoms with Crippen LogP contribution >= 0.6 is 0 Å². The Kier molecular flexibility index (Phi) is 5.88. The van der Waals surface area contributed by atoms with E-state index in [1.165, 1.54) is 55.5 Å². The Morgan fingerprint density at radius 1 is 0.900 bits per heavy atom. The summed E-state index contributed by atoms with van der Waals surface area (Å²) >= 11 is 0. The number of H-pyrrole nitrogens is 1. The summed E-state index contributed by atoms with van der Waals surface area (Å²) in [4.78, 5) is 15.1. The van der Waals surface area contributed by atoms with Crippen molar-refractivity contribution < 1.29 is 18.7 Å². The molecule has 5 aromatic rings. The third-order valence-corrected chi connectivity index (χ3v) is 8.69. The molecule has 2 aromatic carbocycles. The van der Waals surface area contributed by atoms with Crippen molar-refractivity contribution in [2.45, 2.75) is 46.7 Å². The highest BCUT2D eigenvalue weighted by Crippen LogP contribution is 2.44. The largest absolute Gasteiger partial charge is 0.461 e. The van der Waals surface area contributed by atoms with Crippen molar-refractivity contribution in [1.29, 1.82) is 0 Å². The van der Waals surface area contributed by atoms with Gasteiger partial charge in [0.1, 0.15) is 5.69 Å². The van der Waals surface area contributed by atoms with Crippen LogP contribution in [0, 0.1) is 13.8 Å². The summed E-state index contributed by atoms with van der Waals surface area (Å²) in [5.41, 5.74) is 13.8. The standard InChI is InChI=1S/C35H32N3O2/c1-4-40-35(39)30-19-25(21-36-30)10-9-24-11-15-37-17-13-27-22(2)23(3)28-14-18-38-16-12-26-7-5-6-8-29(26)34(38)33(28)32(27)31(37)20-24/h5-12,15-16,19-21H,4,13-14,17-18H2,1-3H3/q+1/p+1. The van der Waals surface area contributed by atoms with Crippen LogP contribution in [0.5, 0.6) is 0 Å². The summed E-state index contributed by atoms with van der Waals surface area (Å²) in [6.07, 6.45) is 12.6. The predicted octanol–water partition coefficient (Wildman–Crippen LogP) is 6.15. The Hall–Kier alpha value is -4.51. The normalized spacial score (nSPS) is 13.6. The molecule has 5 nitrogen and oxygen atoms in total. The van der Waals surface area contributed by atoms with E-state index in [0.29, 0.717) is 12.3 Å². The van der Waals surface area contributed by atoms with Crippen LogP contribution in [0.4, 0.5) is 0 Å². The lowest BCUT2D eigenvalue weighted by molar-refractivity contribution is -0.689. The number of fused-ring (bicyclic) bond motifs is 9. The fourth-order valence-corrected chi connectivity index (χ4v) is 6.57. The van der Waals surface area contributed by atoms with E-state index in [1.54, 1.807) is 0 Å². The molecule has 0 aliphatic carbocycles. The summed E-state index contributed by atoms with van der Waals surface area (Å²) in [5, 5.41) is 2.59. The molecular formula is C35H33N3O2+2. The van der Waals surface area contributed by atoms with E-state index in [-0.39, 0.29) is 5.97 Å². The minimum atomic E-state index is -0.329. The number of carbonyl (C=O) groups is 1. The van der Waals surface area contributed by atoms with Crippen molar-refractivity contribution in [2.75, 3.05) is 6.61 Å². The zero-order valence-electron chi connectivity index (χ0n) is 23.3. The van der Waals surface area contributed by atoms with Gasteiger partial charge in [-0.25, -0.2) is 4.79 Å². The van der Waals surface area contributed by atoms with Gasteiger partial charge >= 0.3 is 5.97 Å². The second kappa shape index (κ2) is 9.60. The molecule has 0 saturated carbocycles. The predicted molar refractivity (Wildman–Crippen MR) is 158 cm³/mol. The number of aromatic amines is 1. The molecule has 0 bridgehead atoms. The number of rotatable bonds is 4. The first-order valence-electron chi connectivity index (χ1n) is 14.2. The molecule has 40 heavy (non-hydrogen) atoms. The molecule has 0 spiro atoms. The molecule has 0 amide bonds. The molecule has 3 aromatic heterocycles. The number of pyridine rings is 2. The van der Waals surface area contributed by atoms with E-state index >= 15 is 0 Å². The van der Waals surface area contributed by atoms with Crippen LogP contribution < -0.4 is 9.13 Å². The van der Waals surface area contributed by atoms with Gasteiger partial charge < -0.3 is 9.72 Å². The zero-order valence-corrected chi connectivity index (χ0v) is 23.3. The lowest BCUT2D eigenvalue weighted by Crippen LogP contribution is -2.43. The molecular weight excluding hydrogens is 494 g/mol. The summed E-state index contributed by atoms with van der Waals surface area (Å²) in [7, 11) is 0. The quantitative estimate of drug-likeness (QED) is 0.225. The van der Waals surface area contributed by atoms with Gasteiger partial charge in [0.15, 0.2) is 25.5 Å². The summed E-state index contributed by atoms with van der Waals surface area (Å²) in [6.45, 7) is 8.78. The maximum atomic E-state index is 12.1. The molecule has 5 heterocycles. The molecule has 7 rings (SSSR count). The molecule has 0 radical (unpaired) electrons. The minimum Gasteiger partial charge on any atom is -0.461 e. The third kappa shape index (κ3) is 3.88. The molecule has 0 saturated heterocycles. The van der Waals surface area contributed by atoms with Crippen LogP contribution in [-0.4, -0.2) is 17.6 Å². The van der Waals surface area contributed by atoms with Gasteiger partial charge in [0.25, 0.3) is 0 Å². The number of ether oxygens (including phenoxy) is 1. The first-order chi connectivity index (χ1) is 19.5. The van der Waals surface area contributed by atoms with Gasteiger partial charge in [0.2, 0.25) is 11.4 Å². The molecule has 2 aliphatic heterocycles. The van der Waals surface area contributed by atoms with Crippen molar-refractivity contribution in [2.24, 2.45) is 0 Å². The van der Waals surface area contributed by atoms with Gasteiger partial charge in [0, 0.05) is 37.2 Å². The highest BCUT2D eigenvalue weighted by molar-refractivity contribution is 5.99. The van der Waals surface area contributed by atoms with Gasteiger partial charge in [-0.05, 0) is 71.7 Å². The van der Waals surface area contributed by atoms with Crippen LogP contribution in [0.15, 0.2) is 67.1 Å². The topological polar surface area (TPSA) is 49.9 Å². The second-order valence-corrected chi connectivity index (χ2v) is 10.8. The number of aromatic nitrogens is 3. The lowest BCUT2D eigenvalue weighted by atomic mass is 9.79. The van der Waals surface area contributed by atoms with Crippen molar-refractivity contribution in [3.05, 3.63) is 106 Å². The van der Waals surface area contributed by atoms with Crippen molar-refractivity contribution in [3.63, 3.8) is 0 Å². The molecule has 0 unspecified atom stereocenters. The van der Waals surface area contributed by atoms with Gasteiger partial charge in [-0.2, -0.15) is 9.13 Å². The van der Waals surface area contributed by atoms with Crippen LogP contribution in [0.1, 0.15) is 50.8 Å². The molecule has 0 atom stereocenters. The SMILES string of the molecule is CCOC(=O)c1cc(C=Cc2cc[n+]3c(c2)-c2c(c(C)c(C)c4c2-c2c5ccccc5cc[n+]2CC4)CC3)c[nH]1. The maximum absolute atomic E-state index is 12.1. The van der Waals surface area contributed by atoms with Crippen molar-refractivity contribution in [3.8, 4) is 22.5 Å². The van der Waals surface area contributed by atoms with E-state index in [4.69, 9.17) is 4.74 Å². The first kappa shape index (κ1) is 24.5. The van der Waals surface area contributed by atoms with Crippen LogP contribution in [0.25, 0.3) is 45.4 Å². The average molecular weight is 528 g/mol. The highest BCUT2D eigenvalue weighted by atomic mass is 16.5. The Balaban J connectivity index is 1.39. The maximum Gasteiger partial charge on any atom is 0.354 e. The van der Waals surface area contributed by atoms with Gasteiger partial charge in [-0.1, -0.05) is 30.4 Å². The highest BCUT2D eigenvalue weighted by Gasteiger charge is 2.37. The Bertz CT molecular complexity index is 1860. The van der Waals surface area contributed by atoms with Gasteiger partial charge in [-0.3, -0.25) is 0 Å². The fourth-order valence-electron chi connectivity index (χ4n) is 6.57. The Morgan fingerprint density at radius 2 is 1.62 bits per heavy atom. The molecule has 5 heteroatoms. The monoisotopic (exact) mass is 527 g/mol. The van der Waals surface area contributed by atoms with Gasteiger partial charge in [-0.15, -0.1) is 0 Å². The fraction of sp³-hybridized carbons (Fsp3) is 0.229. The number of hydrogen-bond donors (Lipinski definition) is 1. The average Bonchev–Trinajstić information content (AvgIpc) is 3.47. The Morgan fingerprint density at radius 3 is 2.45 bits per heavy atom. The summed E-state index contributed by atoms with van der Waals surface area (Å²) in [6, 6.07) is 17.4. The third-order valence-electron chi connectivity index (χ3n) is 8.69. The number of benzene rings is 2. The number of nitrogens with one attached hydrogen (secondary N) is 1. The summed E-state index contributed by atoms with van der Waals surface area (Å²) in [5.74, 6) is -0.329. The molecule has 2 aliphatic rings. The van der Waals surface area contributed by atoms with Crippen molar-refractivity contribution >= 4 is 28.9 Å². The van der Waals surface area contributed by atoms with Crippen LogP contribution in [0.3, 0.4) is 0 Å².